The first-order valence-electron chi connectivity index (χ1n) is 7.20. The lowest BCUT2D eigenvalue weighted by molar-refractivity contribution is 0.349. The Balaban J connectivity index is 2.20. The highest BCUT2D eigenvalue weighted by molar-refractivity contribution is 5.49. The molecular formula is C16H26N2. The van der Waals surface area contributed by atoms with Gasteiger partial charge in [0, 0.05) is 30.9 Å². The number of nitrogens with zero attached hydrogens (tertiary/aromatic N) is 1. The van der Waals surface area contributed by atoms with Crippen LogP contribution in [0.15, 0.2) is 24.3 Å². The lowest BCUT2D eigenvalue weighted by Crippen LogP contribution is -2.57. The number of benzene rings is 1. The first-order valence-corrected chi connectivity index (χ1v) is 7.20. The van der Waals surface area contributed by atoms with Gasteiger partial charge >= 0.3 is 0 Å². The van der Waals surface area contributed by atoms with Crippen molar-refractivity contribution in [3.05, 3.63) is 29.8 Å². The van der Waals surface area contributed by atoms with Crippen LogP contribution in [0.2, 0.25) is 0 Å². The van der Waals surface area contributed by atoms with Gasteiger partial charge in [-0.25, -0.2) is 0 Å². The maximum atomic E-state index is 3.59. The second-order valence-electron chi connectivity index (χ2n) is 5.79. The summed E-state index contributed by atoms with van der Waals surface area (Å²) in [7, 11) is 0. The minimum absolute atomic E-state index is 0.575. The standard InChI is InChI=1S/C16H26N2/c1-5-14-6-8-15(9-7-14)18-11-13(4)17-10-16(18)12(2)3/h6-9,12-13,16-17H,5,10-11H2,1-4H3. The normalized spacial score (nSPS) is 24.6. The molecule has 2 rings (SSSR count). The molecule has 1 fully saturated rings. The molecule has 0 saturated carbocycles. The van der Waals surface area contributed by atoms with Crippen LogP contribution in [0.4, 0.5) is 5.69 Å². The third-order valence-electron chi connectivity index (χ3n) is 3.99. The predicted molar refractivity (Wildman–Crippen MR) is 79.3 cm³/mol. The Morgan fingerprint density at radius 3 is 2.50 bits per heavy atom. The van der Waals surface area contributed by atoms with Gasteiger partial charge in [0.2, 0.25) is 0 Å². The molecule has 1 aliphatic rings. The number of nitrogens with one attached hydrogen (secondary N) is 1. The first-order chi connectivity index (χ1) is 8.61. The quantitative estimate of drug-likeness (QED) is 0.882. The molecule has 0 bridgehead atoms. The molecular weight excluding hydrogens is 220 g/mol. The van der Waals surface area contributed by atoms with Crippen LogP contribution in [0.5, 0.6) is 0 Å². The van der Waals surface area contributed by atoms with Crippen molar-refractivity contribution in [3.8, 4) is 0 Å². The molecule has 1 saturated heterocycles. The van der Waals surface area contributed by atoms with Crippen molar-refractivity contribution in [1.82, 2.24) is 5.32 Å². The van der Waals surface area contributed by atoms with Gasteiger partial charge in [0.25, 0.3) is 0 Å². The third kappa shape index (κ3) is 2.86. The van der Waals surface area contributed by atoms with Crippen LogP contribution < -0.4 is 10.2 Å². The second-order valence-corrected chi connectivity index (χ2v) is 5.79. The lowest BCUT2D eigenvalue weighted by Gasteiger charge is -2.43. The van der Waals surface area contributed by atoms with E-state index in [9.17, 15) is 0 Å². The minimum atomic E-state index is 0.575. The monoisotopic (exact) mass is 246 g/mol. The Kier molecular flexibility index (Phi) is 4.28. The first kappa shape index (κ1) is 13.4. The van der Waals surface area contributed by atoms with Gasteiger partial charge in [-0.2, -0.15) is 0 Å². The van der Waals surface area contributed by atoms with Gasteiger partial charge in [-0.05, 0) is 37.0 Å². The summed E-state index contributed by atoms with van der Waals surface area (Å²) in [5, 5.41) is 3.59. The SMILES string of the molecule is CCc1ccc(N2CC(C)NCC2C(C)C)cc1. The summed E-state index contributed by atoms with van der Waals surface area (Å²) >= 11 is 0. The molecule has 1 aromatic carbocycles. The maximum Gasteiger partial charge on any atom is 0.0438 e. The number of aryl methyl sites for hydroxylation is 1. The van der Waals surface area contributed by atoms with Crippen molar-refractivity contribution in [2.45, 2.75) is 46.2 Å². The van der Waals surface area contributed by atoms with Crippen LogP contribution in [0, 0.1) is 5.92 Å². The van der Waals surface area contributed by atoms with Crippen molar-refractivity contribution in [3.63, 3.8) is 0 Å². The van der Waals surface area contributed by atoms with Gasteiger partial charge in [-0.15, -0.1) is 0 Å². The smallest absolute Gasteiger partial charge is 0.0438 e. The summed E-state index contributed by atoms with van der Waals surface area (Å²) in [5.41, 5.74) is 2.79. The fraction of sp³-hybridized carbons (Fsp3) is 0.625. The van der Waals surface area contributed by atoms with Crippen LogP contribution in [0.1, 0.15) is 33.3 Å². The molecule has 100 valence electrons. The Morgan fingerprint density at radius 2 is 1.94 bits per heavy atom. The zero-order chi connectivity index (χ0) is 13.1. The Hall–Kier alpha value is -1.02. The maximum absolute atomic E-state index is 3.59. The summed E-state index contributed by atoms with van der Waals surface area (Å²) < 4.78 is 0. The fourth-order valence-corrected chi connectivity index (χ4v) is 2.74. The van der Waals surface area contributed by atoms with Crippen molar-refractivity contribution in [1.29, 1.82) is 0 Å². The molecule has 2 nitrogen and oxygen atoms in total. The number of anilines is 1. The zero-order valence-corrected chi connectivity index (χ0v) is 12.1. The van der Waals surface area contributed by atoms with Gasteiger partial charge in [0.05, 0.1) is 0 Å². The molecule has 2 heteroatoms. The zero-order valence-electron chi connectivity index (χ0n) is 12.1. The number of piperazine rings is 1. The Labute approximate surface area is 111 Å². The Morgan fingerprint density at radius 1 is 1.28 bits per heavy atom. The summed E-state index contributed by atoms with van der Waals surface area (Å²) in [4.78, 5) is 2.57. The minimum Gasteiger partial charge on any atom is -0.365 e. The van der Waals surface area contributed by atoms with Gasteiger partial charge in [0.15, 0.2) is 0 Å². The van der Waals surface area contributed by atoms with Crippen LogP contribution in [-0.4, -0.2) is 25.2 Å². The van der Waals surface area contributed by atoms with E-state index in [1.807, 2.05) is 0 Å². The van der Waals surface area contributed by atoms with E-state index >= 15 is 0 Å². The second kappa shape index (κ2) is 5.75. The van der Waals surface area contributed by atoms with Crippen molar-refractivity contribution < 1.29 is 0 Å². The average Bonchev–Trinajstić information content (AvgIpc) is 2.38. The summed E-state index contributed by atoms with van der Waals surface area (Å²) in [6.45, 7) is 11.3. The van der Waals surface area contributed by atoms with Gasteiger partial charge in [-0.1, -0.05) is 32.9 Å². The lowest BCUT2D eigenvalue weighted by atomic mass is 9.97. The molecule has 0 aliphatic carbocycles. The molecule has 0 amide bonds. The highest BCUT2D eigenvalue weighted by atomic mass is 15.2. The molecule has 1 aromatic rings. The van der Waals surface area contributed by atoms with Gasteiger partial charge < -0.3 is 10.2 Å². The largest absolute Gasteiger partial charge is 0.365 e. The predicted octanol–water partition coefficient (Wildman–Crippen LogP) is 3.07. The van der Waals surface area contributed by atoms with Crippen molar-refractivity contribution in [2.24, 2.45) is 5.92 Å². The highest BCUT2D eigenvalue weighted by Gasteiger charge is 2.27. The molecule has 0 aromatic heterocycles. The van der Waals surface area contributed by atoms with E-state index in [4.69, 9.17) is 0 Å². The molecule has 2 unspecified atom stereocenters. The molecule has 1 aliphatic heterocycles. The molecule has 0 radical (unpaired) electrons. The van der Waals surface area contributed by atoms with Crippen molar-refractivity contribution >= 4 is 5.69 Å². The van der Waals surface area contributed by atoms with E-state index in [0.29, 0.717) is 18.0 Å². The molecule has 0 spiro atoms. The third-order valence-corrected chi connectivity index (χ3v) is 3.99. The van der Waals surface area contributed by atoms with E-state index < -0.39 is 0 Å². The number of rotatable bonds is 3. The highest BCUT2D eigenvalue weighted by Crippen LogP contribution is 2.24. The van der Waals surface area contributed by atoms with Gasteiger partial charge in [0.1, 0.15) is 0 Å². The topological polar surface area (TPSA) is 15.3 Å². The van der Waals surface area contributed by atoms with Crippen LogP contribution >= 0.6 is 0 Å². The Bertz CT molecular complexity index is 369. The number of hydrogen-bond donors (Lipinski definition) is 1. The van der Waals surface area contributed by atoms with Crippen LogP contribution in [0.3, 0.4) is 0 Å². The van der Waals surface area contributed by atoms with Gasteiger partial charge in [-0.3, -0.25) is 0 Å². The van der Waals surface area contributed by atoms with Crippen molar-refractivity contribution in [2.75, 3.05) is 18.0 Å². The van der Waals surface area contributed by atoms with E-state index in [0.717, 1.165) is 19.5 Å². The molecule has 2 atom stereocenters. The van der Waals surface area contributed by atoms with E-state index in [-0.39, 0.29) is 0 Å². The summed E-state index contributed by atoms with van der Waals surface area (Å²) in [5.74, 6) is 0.677. The molecule has 18 heavy (non-hydrogen) atoms. The molecule has 1 N–H and O–H groups in total. The van der Waals surface area contributed by atoms with Crippen LogP contribution in [-0.2, 0) is 6.42 Å². The van der Waals surface area contributed by atoms with Crippen LogP contribution in [0.25, 0.3) is 0 Å². The molecule has 1 heterocycles. The van der Waals surface area contributed by atoms with E-state index in [2.05, 4.69) is 62.2 Å². The number of hydrogen-bond acceptors (Lipinski definition) is 2. The summed E-state index contributed by atoms with van der Waals surface area (Å²) in [6.07, 6.45) is 1.12. The van der Waals surface area contributed by atoms with E-state index in [1.54, 1.807) is 0 Å². The fourth-order valence-electron chi connectivity index (χ4n) is 2.74. The van der Waals surface area contributed by atoms with E-state index in [1.165, 1.54) is 11.3 Å². The average molecular weight is 246 g/mol. The summed E-state index contributed by atoms with van der Waals surface area (Å²) in [6, 6.07) is 10.3.